The van der Waals surface area contributed by atoms with Gasteiger partial charge in [0, 0.05) is 11.6 Å². The zero-order chi connectivity index (χ0) is 17.5. The van der Waals surface area contributed by atoms with Gasteiger partial charge in [-0.05, 0) is 30.3 Å². The Kier molecular flexibility index (Phi) is 3.21. The summed E-state index contributed by atoms with van der Waals surface area (Å²) in [6, 6.07) is 19.4. The number of fused-ring (bicyclic) bond motifs is 2. The second-order valence-electron chi connectivity index (χ2n) is 5.83. The van der Waals surface area contributed by atoms with Gasteiger partial charge in [0.25, 0.3) is 5.78 Å². The Hall–Kier alpha value is -3.67. The first-order valence-electron chi connectivity index (χ1n) is 8.17. The van der Waals surface area contributed by atoms with Gasteiger partial charge >= 0.3 is 0 Å². The normalized spacial score (nSPS) is 11.3. The van der Waals surface area contributed by atoms with E-state index < -0.39 is 0 Å². The first-order chi connectivity index (χ1) is 12.8. The Morgan fingerprint density at radius 1 is 1.00 bits per heavy atom. The summed E-state index contributed by atoms with van der Waals surface area (Å²) in [6.07, 6.45) is 1.71. The summed E-state index contributed by atoms with van der Waals surface area (Å²) in [5.74, 6) is 2.49. The number of benzene rings is 2. The van der Waals surface area contributed by atoms with Crippen LogP contribution in [0.25, 0.3) is 39.6 Å². The summed E-state index contributed by atoms with van der Waals surface area (Å²) in [6.45, 7) is 0. The fraction of sp³-hybridized carbons (Fsp3) is 0.0500. The lowest BCUT2D eigenvalue weighted by molar-refractivity contribution is 0.416. The van der Waals surface area contributed by atoms with E-state index in [9.17, 15) is 0 Å². The molecule has 3 aromatic heterocycles. The maximum atomic E-state index is 5.98. The molecular formula is C20H14N4O2. The molecule has 0 unspecified atom stereocenters. The van der Waals surface area contributed by atoms with Crippen LogP contribution >= 0.6 is 0 Å². The van der Waals surface area contributed by atoms with Crippen LogP contribution in [0.15, 0.2) is 71.3 Å². The van der Waals surface area contributed by atoms with Gasteiger partial charge in [0.2, 0.25) is 0 Å². The molecule has 6 heteroatoms. The number of hydrogen-bond donors (Lipinski definition) is 0. The van der Waals surface area contributed by atoms with Crippen molar-refractivity contribution in [2.75, 3.05) is 7.11 Å². The Morgan fingerprint density at radius 3 is 2.73 bits per heavy atom. The average Bonchev–Trinajstić information content (AvgIpc) is 3.31. The Bertz CT molecular complexity index is 1210. The summed E-state index contributed by atoms with van der Waals surface area (Å²) in [5, 5.41) is 5.68. The zero-order valence-corrected chi connectivity index (χ0v) is 14.0. The van der Waals surface area contributed by atoms with Gasteiger partial charge in [-0.2, -0.15) is 9.50 Å². The number of methoxy groups -OCH3 is 1. The monoisotopic (exact) mass is 342 g/mol. The van der Waals surface area contributed by atoms with Crippen LogP contribution in [-0.4, -0.2) is 26.7 Å². The highest BCUT2D eigenvalue weighted by Crippen LogP contribution is 2.30. The fourth-order valence-corrected chi connectivity index (χ4v) is 3.03. The van der Waals surface area contributed by atoms with Crippen molar-refractivity contribution in [3.63, 3.8) is 0 Å². The number of rotatable bonds is 3. The minimum atomic E-state index is 0.504. The van der Waals surface area contributed by atoms with Gasteiger partial charge in [-0.3, -0.25) is 0 Å². The maximum absolute atomic E-state index is 5.98. The minimum Gasteiger partial charge on any atom is -0.496 e. The van der Waals surface area contributed by atoms with Crippen molar-refractivity contribution in [3.8, 4) is 28.6 Å². The molecule has 0 aliphatic heterocycles. The Balaban J connectivity index is 1.71. The minimum absolute atomic E-state index is 0.504. The van der Waals surface area contributed by atoms with Crippen LogP contribution in [-0.2, 0) is 0 Å². The quantitative estimate of drug-likeness (QED) is 0.491. The molecule has 0 amide bonds. The van der Waals surface area contributed by atoms with Gasteiger partial charge in [0.1, 0.15) is 17.0 Å². The van der Waals surface area contributed by atoms with E-state index >= 15 is 0 Å². The first-order valence-corrected chi connectivity index (χ1v) is 8.17. The molecule has 126 valence electrons. The van der Waals surface area contributed by atoms with E-state index in [1.807, 2.05) is 60.7 Å². The molecule has 0 saturated heterocycles. The molecule has 6 nitrogen and oxygen atoms in total. The molecule has 0 N–H and O–H groups in total. The van der Waals surface area contributed by atoms with Gasteiger partial charge in [0.05, 0.1) is 12.7 Å². The molecule has 0 saturated carbocycles. The van der Waals surface area contributed by atoms with Crippen LogP contribution in [0.1, 0.15) is 0 Å². The second-order valence-corrected chi connectivity index (χ2v) is 5.83. The number of para-hydroxylation sites is 2. The van der Waals surface area contributed by atoms with Crippen LogP contribution in [0, 0.1) is 0 Å². The molecule has 2 aromatic carbocycles. The maximum Gasteiger partial charge on any atom is 0.253 e. The molecule has 0 aliphatic rings. The van der Waals surface area contributed by atoms with E-state index in [-0.39, 0.29) is 0 Å². The van der Waals surface area contributed by atoms with E-state index in [1.54, 1.807) is 17.8 Å². The Morgan fingerprint density at radius 2 is 1.85 bits per heavy atom. The zero-order valence-electron chi connectivity index (χ0n) is 14.0. The van der Waals surface area contributed by atoms with Gasteiger partial charge < -0.3 is 9.15 Å². The van der Waals surface area contributed by atoms with E-state index in [4.69, 9.17) is 9.15 Å². The van der Waals surface area contributed by atoms with Crippen molar-refractivity contribution in [1.29, 1.82) is 0 Å². The predicted molar refractivity (Wildman–Crippen MR) is 98.0 cm³/mol. The lowest BCUT2D eigenvalue weighted by Gasteiger charge is -2.03. The van der Waals surface area contributed by atoms with Crippen molar-refractivity contribution in [2.45, 2.75) is 0 Å². The predicted octanol–water partition coefficient (Wildman–Crippen LogP) is 4.21. The number of furan rings is 1. The van der Waals surface area contributed by atoms with Crippen LogP contribution in [0.4, 0.5) is 0 Å². The van der Waals surface area contributed by atoms with Crippen LogP contribution in [0.2, 0.25) is 0 Å². The van der Waals surface area contributed by atoms with Gasteiger partial charge in [-0.1, -0.05) is 30.3 Å². The third kappa shape index (κ3) is 2.23. The fourth-order valence-electron chi connectivity index (χ4n) is 3.03. The smallest absolute Gasteiger partial charge is 0.253 e. The largest absolute Gasteiger partial charge is 0.496 e. The number of nitrogens with zero attached hydrogens (tertiary/aromatic N) is 4. The lowest BCUT2D eigenvalue weighted by atomic mass is 10.2. The van der Waals surface area contributed by atoms with Crippen molar-refractivity contribution < 1.29 is 9.15 Å². The number of hydrogen-bond acceptors (Lipinski definition) is 5. The molecule has 3 heterocycles. The highest BCUT2D eigenvalue weighted by molar-refractivity contribution is 5.82. The number of ether oxygens (including phenoxy) is 1. The summed E-state index contributed by atoms with van der Waals surface area (Å²) in [7, 11) is 1.63. The molecule has 0 atom stereocenters. The molecule has 5 rings (SSSR count). The van der Waals surface area contributed by atoms with Gasteiger partial charge in [-0.25, -0.2) is 4.98 Å². The van der Waals surface area contributed by atoms with E-state index in [1.165, 1.54) is 0 Å². The van der Waals surface area contributed by atoms with Crippen molar-refractivity contribution in [1.82, 2.24) is 19.6 Å². The molecule has 0 bridgehead atoms. The van der Waals surface area contributed by atoms with Gasteiger partial charge in [0.15, 0.2) is 11.6 Å². The third-order valence-corrected chi connectivity index (χ3v) is 4.27. The van der Waals surface area contributed by atoms with Crippen LogP contribution in [0.5, 0.6) is 5.75 Å². The summed E-state index contributed by atoms with van der Waals surface area (Å²) in [5.41, 5.74) is 2.44. The molecule has 0 aliphatic carbocycles. The first kappa shape index (κ1) is 14.7. The van der Waals surface area contributed by atoms with Crippen LogP contribution in [0.3, 0.4) is 0 Å². The molecule has 5 aromatic rings. The molecule has 26 heavy (non-hydrogen) atoms. The van der Waals surface area contributed by atoms with Crippen LogP contribution < -0.4 is 4.74 Å². The highest BCUT2D eigenvalue weighted by Gasteiger charge is 2.16. The van der Waals surface area contributed by atoms with Crippen molar-refractivity contribution in [2.24, 2.45) is 0 Å². The summed E-state index contributed by atoms with van der Waals surface area (Å²) < 4.78 is 13.1. The molecule has 0 radical (unpaired) electrons. The lowest BCUT2D eigenvalue weighted by Crippen LogP contribution is -1.95. The van der Waals surface area contributed by atoms with E-state index in [0.29, 0.717) is 17.4 Å². The highest BCUT2D eigenvalue weighted by atomic mass is 16.5. The van der Waals surface area contributed by atoms with E-state index in [2.05, 4.69) is 15.1 Å². The molecular weight excluding hydrogens is 328 g/mol. The Labute approximate surface area is 148 Å². The molecule has 0 fully saturated rings. The van der Waals surface area contributed by atoms with E-state index in [0.717, 1.165) is 28.0 Å². The average molecular weight is 342 g/mol. The standard InChI is InChI=1S/C20H14N4O2/c1-25-17-9-5-3-7-14(17)19-22-20-21-11-10-15(24(20)23-19)18-12-13-6-2-4-8-16(13)26-18/h2-12H,1H3. The summed E-state index contributed by atoms with van der Waals surface area (Å²) in [4.78, 5) is 8.88. The SMILES string of the molecule is COc1ccccc1-c1nc2nccc(-c3cc4ccccc4o3)n2n1. The second kappa shape index (κ2) is 5.70. The topological polar surface area (TPSA) is 65.5 Å². The summed E-state index contributed by atoms with van der Waals surface area (Å²) >= 11 is 0. The third-order valence-electron chi connectivity index (χ3n) is 4.27. The van der Waals surface area contributed by atoms with Crippen molar-refractivity contribution >= 4 is 16.7 Å². The molecule has 0 spiro atoms. The van der Waals surface area contributed by atoms with Gasteiger partial charge in [-0.15, -0.1) is 5.10 Å². The van der Waals surface area contributed by atoms with Crippen molar-refractivity contribution in [3.05, 3.63) is 66.9 Å². The number of aromatic nitrogens is 4.